The zero-order chi connectivity index (χ0) is 16.1. The highest BCUT2D eigenvalue weighted by atomic mass is 16.3. The van der Waals surface area contributed by atoms with Gasteiger partial charge in [-0.1, -0.05) is 24.3 Å². The standard InChI is InChI=1S/C18H15N3O2/c19-8-4-10-21(13-14-5-3-9-20-12-14)18(22)17-11-15-6-1-2-7-16(15)23-17/h1-3,5-7,9,11-12H,4,10,13H2. The third-order valence-corrected chi connectivity index (χ3v) is 3.51. The average molecular weight is 305 g/mol. The Balaban J connectivity index is 1.85. The van der Waals surface area contributed by atoms with Gasteiger partial charge in [-0.05, 0) is 23.8 Å². The summed E-state index contributed by atoms with van der Waals surface area (Å²) < 4.78 is 5.64. The molecule has 0 aliphatic rings. The van der Waals surface area contributed by atoms with Gasteiger partial charge < -0.3 is 9.32 Å². The van der Waals surface area contributed by atoms with E-state index in [1.165, 1.54) is 0 Å². The Morgan fingerprint density at radius 3 is 2.87 bits per heavy atom. The van der Waals surface area contributed by atoms with Crippen LogP contribution in [-0.4, -0.2) is 22.3 Å². The second-order valence-electron chi connectivity index (χ2n) is 5.14. The van der Waals surface area contributed by atoms with Gasteiger partial charge in [-0.25, -0.2) is 0 Å². The largest absolute Gasteiger partial charge is 0.451 e. The number of pyridine rings is 1. The maximum absolute atomic E-state index is 12.7. The van der Waals surface area contributed by atoms with Crippen molar-refractivity contribution in [2.45, 2.75) is 13.0 Å². The van der Waals surface area contributed by atoms with Gasteiger partial charge in [0.25, 0.3) is 5.91 Å². The maximum atomic E-state index is 12.7. The van der Waals surface area contributed by atoms with Gasteiger partial charge in [0.15, 0.2) is 5.76 Å². The molecule has 1 amide bonds. The van der Waals surface area contributed by atoms with E-state index < -0.39 is 0 Å². The molecule has 5 nitrogen and oxygen atoms in total. The van der Waals surface area contributed by atoms with E-state index in [1.54, 1.807) is 23.4 Å². The minimum atomic E-state index is -0.222. The molecule has 2 aromatic heterocycles. The lowest BCUT2D eigenvalue weighted by Crippen LogP contribution is -2.31. The summed E-state index contributed by atoms with van der Waals surface area (Å²) in [6.45, 7) is 0.743. The van der Waals surface area contributed by atoms with Gasteiger partial charge in [0.1, 0.15) is 5.58 Å². The lowest BCUT2D eigenvalue weighted by atomic mass is 10.2. The highest BCUT2D eigenvalue weighted by Crippen LogP contribution is 2.20. The Kier molecular flexibility index (Phi) is 4.34. The van der Waals surface area contributed by atoms with E-state index >= 15 is 0 Å². The Hall–Kier alpha value is -3.13. The number of rotatable bonds is 5. The van der Waals surface area contributed by atoms with Crippen molar-refractivity contribution in [2.24, 2.45) is 0 Å². The van der Waals surface area contributed by atoms with Crippen molar-refractivity contribution in [2.75, 3.05) is 6.54 Å². The van der Waals surface area contributed by atoms with Crippen LogP contribution in [0.1, 0.15) is 22.5 Å². The summed E-state index contributed by atoms with van der Waals surface area (Å²) >= 11 is 0. The van der Waals surface area contributed by atoms with E-state index in [4.69, 9.17) is 9.68 Å². The molecule has 0 saturated heterocycles. The van der Waals surface area contributed by atoms with E-state index in [9.17, 15) is 4.79 Å². The summed E-state index contributed by atoms with van der Waals surface area (Å²) in [5.74, 6) is 0.0633. The number of aromatic nitrogens is 1. The number of fused-ring (bicyclic) bond motifs is 1. The molecule has 3 rings (SSSR count). The summed E-state index contributed by atoms with van der Waals surface area (Å²) in [5, 5.41) is 9.71. The summed E-state index contributed by atoms with van der Waals surface area (Å²) in [6, 6.07) is 15.0. The minimum Gasteiger partial charge on any atom is -0.451 e. The van der Waals surface area contributed by atoms with E-state index in [2.05, 4.69) is 11.1 Å². The Bertz CT molecular complexity index is 816. The molecule has 0 unspecified atom stereocenters. The number of hydrogen-bond acceptors (Lipinski definition) is 4. The molecule has 5 heteroatoms. The molecule has 1 aromatic carbocycles. The molecule has 0 spiro atoms. The van der Waals surface area contributed by atoms with Crippen molar-refractivity contribution >= 4 is 16.9 Å². The molecular weight excluding hydrogens is 290 g/mol. The van der Waals surface area contributed by atoms with Crippen molar-refractivity contribution in [3.8, 4) is 6.07 Å². The molecule has 3 aromatic rings. The SMILES string of the molecule is N#CCCN(Cc1cccnc1)C(=O)c1cc2ccccc2o1. The van der Waals surface area contributed by atoms with Gasteiger partial charge in [0, 0.05) is 30.9 Å². The highest BCUT2D eigenvalue weighted by molar-refractivity contribution is 5.96. The normalized spacial score (nSPS) is 10.4. The lowest BCUT2D eigenvalue weighted by molar-refractivity contribution is 0.0717. The minimum absolute atomic E-state index is 0.222. The van der Waals surface area contributed by atoms with Gasteiger partial charge in [-0.15, -0.1) is 0 Å². The smallest absolute Gasteiger partial charge is 0.289 e. The summed E-state index contributed by atoms with van der Waals surface area (Å²) in [4.78, 5) is 18.4. The van der Waals surface area contributed by atoms with Crippen LogP contribution in [0.25, 0.3) is 11.0 Å². The molecular formula is C18H15N3O2. The quantitative estimate of drug-likeness (QED) is 0.724. The van der Waals surface area contributed by atoms with Crippen LogP contribution >= 0.6 is 0 Å². The fraction of sp³-hybridized carbons (Fsp3) is 0.167. The van der Waals surface area contributed by atoms with E-state index in [1.807, 2.05) is 36.4 Å². The number of hydrogen-bond donors (Lipinski definition) is 0. The van der Waals surface area contributed by atoms with Crippen LogP contribution in [0, 0.1) is 11.3 Å². The van der Waals surface area contributed by atoms with Gasteiger partial charge in [0.2, 0.25) is 0 Å². The Morgan fingerprint density at radius 2 is 2.13 bits per heavy atom. The first-order valence-corrected chi connectivity index (χ1v) is 7.31. The fourth-order valence-electron chi connectivity index (χ4n) is 2.39. The zero-order valence-corrected chi connectivity index (χ0v) is 12.5. The van der Waals surface area contributed by atoms with E-state index in [0.717, 1.165) is 10.9 Å². The molecule has 0 aliphatic heterocycles. The topological polar surface area (TPSA) is 70.1 Å². The summed E-state index contributed by atoms with van der Waals surface area (Å²) in [7, 11) is 0. The second kappa shape index (κ2) is 6.75. The van der Waals surface area contributed by atoms with Crippen molar-refractivity contribution < 1.29 is 9.21 Å². The first-order valence-electron chi connectivity index (χ1n) is 7.31. The van der Waals surface area contributed by atoms with E-state index in [-0.39, 0.29) is 18.1 Å². The van der Waals surface area contributed by atoms with Crippen LogP contribution in [0.3, 0.4) is 0 Å². The molecule has 0 fully saturated rings. The number of benzene rings is 1. The lowest BCUT2D eigenvalue weighted by Gasteiger charge is -2.20. The van der Waals surface area contributed by atoms with Crippen LogP contribution in [-0.2, 0) is 6.54 Å². The number of para-hydroxylation sites is 1. The van der Waals surface area contributed by atoms with Gasteiger partial charge in [-0.3, -0.25) is 9.78 Å². The van der Waals surface area contributed by atoms with Crippen LogP contribution in [0.4, 0.5) is 0 Å². The molecule has 0 atom stereocenters. The number of furan rings is 1. The first-order chi connectivity index (χ1) is 11.3. The van der Waals surface area contributed by atoms with Crippen LogP contribution < -0.4 is 0 Å². The molecule has 0 N–H and O–H groups in total. The number of amides is 1. The second-order valence-corrected chi connectivity index (χ2v) is 5.14. The van der Waals surface area contributed by atoms with Crippen LogP contribution in [0.5, 0.6) is 0 Å². The van der Waals surface area contributed by atoms with Crippen molar-refractivity contribution in [1.29, 1.82) is 5.26 Å². The Labute approximate surface area is 133 Å². The summed E-state index contributed by atoms with van der Waals surface area (Å²) in [5.41, 5.74) is 1.59. The van der Waals surface area contributed by atoms with Crippen LogP contribution in [0.15, 0.2) is 59.3 Å². The maximum Gasteiger partial charge on any atom is 0.289 e. The van der Waals surface area contributed by atoms with Gasteiger partial charge in [-0.2, -0.15) is 5.26 Å². The monoisotopic (exact) mass is 305 g/mol. The average Bonchev–Trinajstić information content (AvgIpc) is 3.03. The molecule has 0 saturated carbocycles. The number of carbonyl (C=O) groups excluding carboxylic acids is 1. The zero-order valence-electron chi connectivity index (χ0n) is 12.5. The third-order valence-electron chi connectivity index (χ3n) is 3.51. The molecule has 2 heterocycles. The predicted octanol–water partition coefficient (Wildman–Crippen LogP) is 3.38. The van der Waals surface area contributed by atoms with E-state index in [0.29, 0.717) is 18.7 Å². The number of nitrogens with zero attached hydrogens (tertiary/aromatic N) is 3. The van der Waals surface area contributed by atoms with Crippen molar-refractivity contribution in [1.82, 2.24) is 9.88 Å². The molecule has 0 radical (unpaired) electrons. The van der Waals surface area contributed by atoms with Crippen molar-refractivity contribution in [3.63, 3.8) is 0 Å². The molecule has 0 bridgehead atoms. The fourth-order valence-corrected chi connectivity index (χ4v) is 2.39. The summed E-state index contributed by atoms with van der Waals surface area (Å²) in [6.07, 6.45) is 3.67. The predicted molar refractivity (Wildman–Crippen MR) is 85.4 cm³/mol. The van der Waals surface area contributed by atoms with Crippen LogP contribution in [0.2, 0.25) is 0 Å². The number of nitriles is 1. The first kappa shape index (κ1) is 14.8. The molecule has 0 aliphatic carbocycles. The highest BCUT2D eigenvalue weighted by Gasteiger charge is 2.20. The van der Waals surface area contributed by atoms with Crippen molar-refractivity contribution in [3.05, 3.63) is 66.2 Å². The molecule has 23 heavy (non-hydrogen) atoms. The van der Waals surface area contributed by atoms with Gasteiger partial charge in [0.05, 0.1) is 12.5 Å². The number of carbonyl (C=O) groups is 1. The third kappa shape index (κ3) is 3.38. The Morgan fingerprint density at radius 1 is 1.26 bits per heavy atom. The van der Waals surface area contributed by atoms with Gasteiger partial charge >= 0.3 is 0 Å². The molecule has 114 valence electrons.